The van der Waals surface area contributed by atoms with Gasteiger partial charge in [0.25, 0.3) is 0 Å². The van der Waals surface area contributed by atoms with Crippen LogP contribution in [0.15, 0.2) is 11.1 Å². The van der Waals surface area contributed by atoms with Crippen LogP contribution in [0.3, 0.4) is 0 Å². The van der Waals surface area contributed by atoms with Crippen LogP contribution in [0.1, 0.15) is 53.4 Å². The van der Waals surface area contributed by atoms with E-state index in [-0.39, 0.29) is 0 Å². The summed E-state index contributed by atoms with van der Waals surface area (Å²) in [5.74, 6) is 3.59. The molecule has 0 saturated heterocycles. The Morgan fingerprint density at radius 3 is 2.38 bits per heavy atom. The van der Waals surface area contributed by atoms with E-state index in [1.807, 2.05) is 11.8 Å². The van der Waals surface area contributed by atoms with E-state index in [9.17, 15) is 0 Å². The summed E-state index contributed by atoms with van der Waals surface area (Å²) >= 11 is 1.97. The van der Waals surface area contributed by atoms with E-state index in [4.69, 9.17) is 0 Å². The van der Waals surface area contributed by atoms with Crippen molar-refractivity contribution in [2.75, 3.05) is 5.75 Å². The van der Waals surface area contributed by atoms with Crippen LogP contribution in [0.25, 0.3) is 0 Å². The molecule has 0 aliphatic heterocycles. The van der Waals surface area contributed by atoms with Crippen LogP contribution in [0, 0.1) is 5.75 Å². The van der Waals surface area contributed by atoms with Gasteiger partial charge in [-0.05, 0) is 52.2 Å². The lowest BCUT2D eigenvalue weighted by Gasteiger charge is -2.03. The van der Waals surface area contributed by atoms with Crippen molar-refractivity contribution in [3.05, 3.63) is 16.9 Å². The Kier molecular flexibility index (Phi) is 8.74. The van der Waals surface area contributed by atoms with Gasteiger partial charge >= 0.3 is 0 Å². The molecule has 0 amide bonds. The molecule has 0 atom stereocenters. The molecule has 13 heavy (non-hydrogen) atoms. The normalized spacial score (nSPS) is 10.2. The van der Waals surface area contributed by atoms with Crippen molar-refractivity contribution in [1.29, 1.82) is 0 Å². The zero-order chi connectivity index (χ0) is 10.1. The number of hydrogen-bond donors (Lipinski definition) is 0. The van der Waals surface area contributed by atoms with E-state index < -0.39 is 0 Å². The number of thioether (sulfide) groups is 1. The first-order chi connectivity index (χ1) is 6.18. The van der Waals surface area contributed by atoms with Crippen LogP contribution in [0.4, 0.5) is 0 Å². The lowest BCUT2D eigenvalue weighted by molar-refractivity contribution is 0.787. The highest BCUT2D eigenvalue weighted by Gasteiger charge is 1.93. The molecule has 0 saturated carbocycles. The molecule has 0 N–H and O–H groups in total. The molecule has 1 radical (unpaired) electrons. The number of allylic oxidation sites excluding steroid dienone is 2. The van der Waals surface area contributed by atoms with E-state index in [1.54, 1.807) is 5.57 Å². The molecule has 0 aliphatic rings. The predicted molar refractivity (Wildman–Crippen MR) is 64.9 cm³/mol. The first kappa shape index (κ1) is 13.1. The van der Waals surface area contributed by atoms with E-state index in [1.165, 1.54) is 37.0 Å². The lowest BCUT2D eigenvalue weighted by atomic mass is 10.1. The topological polar surface area (TPSA) is 0 Å². The first-order valence-electron chi connectivity index (χ1n) is 5.24. The maximum Gasteiger partial charge on any atom is 0.0163 e. The molecular formula is C12H23S. The molecule has 0 heterocycles. The predicted octanol–water partition coefficient (Wildman–Crippen LogP) is 4.82. The third-order valence-corrected chi connectivity index (χ3v) is 3.30. The Bertz CT molecular complexity index is 143. The molecule has 1 heteroatoms. The van der Waals surface area contributed by atoms with Crippen molar-refractivity contribution in [2.24, 2.45) is 0 Å². The van der Waals surface area contributed by atoms with Crippen molar-refractivity contribution >= 4 is 11.8 Å². The van der Waals surface area contributed by atoms with Crippen molar-refractivity contribution < 1.29 is 0 Å². The van der Waals surface area contributed by atoms with Crippen LogP contribution in [-0.4, -0.2) is 5.75 Å². The average Bonchev–Trinajstić information content (AvgIpc) is 2.10. The minimum Gasteiger partial charge on any atom is -0.157 e. The third-order valence-electron chi connectivity index (χ3n) is 2.20. The van der Waals surface area contributed by atoms with Crippen LogP contribution < -0.4 is 0 Å². The summed E-state index contributed by atoms with van der Waals surface area (Å²) in [6.45, 7) is 8.85. The average molecular weight is 199 g/mol. The Labute approximate surface area is 88.2 Å². The Hall–Kier alpha value is 0.0900. The van der Waals surface area contributed by atoms with Gasteiger partial charge in [-0.1, -0.05) is 18.1 Å². The SMILES string of the molecule is CC[CH]SCCCCC(C)=C(C)C. The second-order valence-electron chi connectivity index (χ2n) is 3.68. The molecule has 0 spiro atoms. The zero-order valence-corrected chi connectivity index (χ0v) is 10.3. The summed E-state index contributed by atoms with van der Waals surface area (Å²) in [5.41, 5.74) is 3.07. The zero-order valence-electron chi connectivity index (χ0n) is 9.52. The molecule has 0 rings (SSSR count). The Morgan fingerprint density at radius 2 is 1.85 bits per heavy atom. The highest BCUT2D eigenvalue weighted by atomic mass is 32.2. The maximum absolute atomic E-state index is 2.30. The van der Waals surface area contributed by atoms with Crippen LogP contribution in [0.5, 0.6) is 0 Å². The van der Waals surface area contributed by atoms with Crippen LogP contribution in [0.2, 0.25) is 0 Å². The van der Waals surface area contributed by atoms with Gasteiger partial charge < -0.3 is 0 Å². The molecule has 0 bridgehead atoms. The van der Waals surface area contributed by atoms with Gasteiger partial charge in [-0.2, -0.15) is 11.8 Å². The van der Waals surface area contributed by atoms with Gasteiger partial charge in [0.1, 0.15) is 0 Å². The number of unbranched alkanes of at least 4 members (excludes halogenated alkanes) is 1. The first-order valence-corrected chi connectivity index (χ1v) is 6.29. The fourth-order valence-corrected chi connectivity index (χ4v) is 1.80. The summed E-state index contributed by atoms with van der Waals surface area (Å²) in [4.78, 5) is 0. The van der Waals surface area contributed by atoms with Crippen molar-refractivity contribution in [3.8, 4) is 0 Å². The van der Waals surface area contributed by atoms with Gasteiger partial charge in [-0.3, -0.25) is 0 Å². The largest absolute Gasteiger partial charge is 0.157 e. The summed E-state index contributed by atoms with van der Waals surface area (Å²) in [5, 5.41) is 0. The van der Waals surface area contributed by atoms with Gasteiger partial charge in [0.2, 0.25) is 0 Å². The van der Waals surface area contributed by atoms with Crippen molar-refractivity contribution in [2.45, 2.75) is 53.4 Å². The molecule has 0 aromatic carbocycles. The molecule has 0 aromatic heterocycles. The second kappa shape index (κ2) is 8.68. The highest BCUT2D eigenvalue weighted by molar-refractivity contribution is 8.01. The number of rotatable bonds is 7. The molecule has 0 nitrogen and oxygen atoms in total. The molecule has 77 valence electrons. The monoisotopic (exact) mass is 199 g/mol. The number of hydrogen-bond acceptors (Lipinski definition) is 1. The molecule has 0 fully saturated rings. The quantitative estimate of drug-likeness (QED) is 0.418. The summed E-state index contributed by atoms with van der Waals surface area (Å²) in [6.07, 6.45) is 5.18. The molecular weight excluding hydrogens is 176 g/mol. The lowest BCUT2D eigenvalue weighted by Crippen LogP contribution is -1.84. The van der Waals surface area contributed by atoms with E-state index >= 15 is 0 Å². The van der Waals surface area contributed by atoms with E-state index in [0.717, 1.165) is 0 Å². The molecule has 0 aromatic rings. The summed E-state index contributed by atoms with van der Waals surface area (Å²) in [7, 11) is 0. The van der Waals surface area contributed by atoms with E-state index in [0.29, 0.717) is 0 Å². The summed E-state index contributed by atoms with van der Waals surface area (Å²) < 4.78 is 0. The molecule has 0 aliphatic carbocycles. The van der Waals surface area contributed by atoms with Crippen molar-refractivity contribution in [1.82, 2.24) is 0 Å². The standard InChI is InChI=1S/C12H23S/c1-5-9-13-10-7-6-8-12(4)11(2)3/h9H,5-8,10H2,1-4H3. The molecule has 0 unspecified atom stereocenters. The van der Waals surface area contributed by atoms with Crippen LogP contribution >= 0.6 is 11.8 Å². The fraction of sp³-hybridized carbons (Fsp3) is 0.750. The highest BCUT2D eigenvalue weighted by Crippen LogP contribution is 2.15. The Balaban J connectivity index is 3.22. The van der Waals surface area contributed by atoms with Gasteiger partial charge in [-0.15, -0.1) is 0 Å². The minimum atomic E-state index is 1.19. The van der Waals surface area contributed by atoms with Gasteiger partial charge in [0, 0.05) is 5.75 Å². The van der Waals surface area contributed by atoms with E-state index in [2.05, 4.69) is 33.4 Å². The van der Waals surface area contributed by atoms with Gasteiger partial charge in [-0.25, -0.2) is 0 Å². The Morgan fingerprint density at radius 1 is 1.15 bits per heavy atom. The van der Waals surface area contributed by atoms with Gasteiger partial charge in [0.15, 0.2) is 0 Å². The fourth-order valence-electron chi connectivity index (χ4n) is 1.03. The van der Waals surface area contributed by atoms with Gasteiger partial charge in [0.05, 0.1) is 0 Å². The van der Waals surface area contributed by atoms with Crippen LogP contribution in [-0.2, 0) is 0 Å². The summed E-state index contributed by atoms with van der Waals surface area (Å²) in [6, 6.07) is 0. The third kappa shape index (κ3) is 8.42. The van der Waals surface area contributed by atoms with Crippen molar-refractivity contribution in [3.63, 3.8) is 0 Å². The maximum atomic E-state index is 2.30. The smallest absolute Gasteiger partial charge is 0.0163 e. The minimum absolute atomic E-state index is 1.19. The second-order valence-corrected chi connectivity index (χ2v) is 4.76.